The minimum Gasteiger partial charge on any atom is -0.497 e. The van der Waals surface area contributed by atoms with Gasteiger partial charge in [0.15, 0.2) is 5.13 Å². The zero-order valence-corrected chi connectivity index (χ0v) is 37.3. The number of rotatable bonds is 11. The van der Waals surface area contributed by atoms with E-state index in [1.54, 1.807) is 7.11 Å². The molecule has 0 radical (unpaired) electrons. The number of alkyl carbamates (subject to hydrolysis) is 1. The predicted octanol–water partition coefficient (Wildman–Crippen LogP) is 8.40. The van der Waals surface area contributed by atoms with Crippen LogP contribution in [0.1, 0.15) is 90.0 Å². The first-order valence-electron chi connectivity index (χ1n) is 21.9. The summed E-state index contributed by atoms with van der Waals surface area (Å²) in [4.78, 5) is 66.1. The van der Waals surface area contributed by atoms with Crippen LogP contribution in [0.3, 0.4) is 0 Å². The van der Waals surface area contributed by atoms with Crippen molar-refractivity contribution in [3.63, 3.8) is 0 Å². The highest BCUT2D eigenvalue weighted by atomic mass is 32.1. The lowest BCUT2D eigenvalue weighted by atomic mass is 10.0. The van der Waals surface area contributed by atoms with Crippen molar-refractivity contribution in [2.45, 2.75) is 126 Å². The number of pyridine rings is 1. The highest BCUT2D eigenvalue weighted by molar-refractivity contribution is 7.59. The Morgan fingerprint density at radius 2 is 1.81 bits per heavy atom. The number of nitrogens with one attached hydrogen (secondary N) is 3. The van der Waals surface area contributed by atoms with Crippen molar-refractivity contribution in [3.8, 4) is 22.9 Å². The van der Waals surface area contributed by atoms with E-state index in [4.69, 9.17) is 24.2 Å². The molecule has 3 amide bonds. The molecule has 4 heterocycles. The van der Waals surface area contributed by atoms with Gasteiger partial charge in [0.1, 0.15) is 46.8 Å². The molecule has 4 aliphatic rings. The number of methoxy groups -OCH3 is 1. The number of amides is 3. The molecular weight excluding hydrogens is 828 g/mol. The van der Waals surface area contributed by atoms with Crippen molar-refractivity contribution in [3.05, 3.63) is 77.7 Å². The molecular formula is C46H57N6O8PS. The van der Waals surface area contributed by atoms with Crippen molar-refractivity contribution in [2.75, 3.05) is 19.0 Å². The van der Waals surface area contributed by atoms with E-state index < -0.39 is 48.7 Å². The standard InChI is InChI=1S/C46H57N6O8PS/c1-29(2)47-44-49-39(28-62-44)38-24-41(35-21-20-33(58-3)22-37(35)48-38)59-34-23-40-42(53)51-46(61(56,57)27-30-14-8-7-9-15-30)25-31(46)16-10-5-4-6-11-19-36(43(54)52(40)26-34)50-45(55)60-32-17-12-13-18-32/h7-10,14-16,20-22,24,28-29,31-32,34,36,40H,4-6,11-13,17-19,23,25-27H2,1-3H3,(H,47,49)(H,50,55)(H,51,53)(H,56,57)/b16-10+/t31-,34-,36+,40+,46+/m1/s1. The molecule has 62 heavy (non-hydrogen) atoms. The molecule has 3 fully saturated rings. The molecule has 2 aliphatic heterocycles. The molecule has 2 saturated carbocycles. The molecule has 2 aromatic heterocycles. The highest BCUT2D eigenvalue weighted by Crippen LogP contribution is 2.71. The Kier molecular flexibility index (Phi) is 13.2. The zero-order chi connectivity index (χ0) is 43.4. The minimum atomic E-state index is -4.06. The Balaban J connectivity index is 1.13. The Morgan fingerprint density at radius 3 is 2.58 bits per heavy atom. The molecule has 1 unspecified atom stereocenters. The van der Waals surface area contributed by atoms with Crippen LogP contribution in [0.5, 0.6) is 11.5 Å². The van der Waals surface area contributed by atoms with Crippen LogP contribution < -0.4 is 25.4 Å². The molecule has 4 N–H and O–H groups in total. The van der Waals surface area contributed by atoms with Gasteiger partial charge in [0.25, 0.3) is 0 Å². The van der Waals surface area contributed by atoms with Crippen molar-refractivity contribution >= 4 is 52.6 Å². The van der Waals surface area contributed by atoms with E-state index in [1.165, 1.54) is 16.2 Å². The fraction of sp³-hybridized carbons (Fsp3) is 0.500. The molecule has 1 saturated heterocycles. The molecule has 330 valence electrons. The first-order valence-corrected chi connectivity index (χ1v) is 24.6. The molecule has 8 rings (SSSR count). The van der Waals surface area contributed by atoms with Gasteiger partial charge in [-0.2, -0.15) is 0 Å². The van der Waals surface area contributed by atoms with E-state index in [0.717, 1.165) is 50.1 Å². The summed E-state index contributed by atoms with van der Waals surface area (Å²) in [6.45, 7) is 4.11. The lowest BCUT2D eigenvalue weighted by molar-refractivity contribution is -0.140. The number of hydrogen-bond donors (Lipinski definition) is 4. The zero-order valence-electron chi connectivity index (χ0n) is 35.6. The fourth-order valence-corrected chi connectivity index (χ4v) is 12.2. The summed E-state index contributed by atoms with van der Waals surface area (Å²) < 4.78 is 32.6. The molecule has 16 heteroatoms. The van der Waals surface area contributed by atoms with Gasteiger partial charge in [0.2, 0.25) is 19.2 Å². The number of thiazole rings is 1. The third-order valence-corrected chi connectivity index (χ3v) is 15.8. The maximum atomic E-state index is 14.9. The first-order chi connectivity index (χ1) is 29.9. The SMILES string of the molecule is COc1ccc2c(O[C@@H]3C[C@H]4C(=O)N[C@]5(P(=O)(O)Cc6ccccc6)C[C@H]5/C=C/CCCCC[C@H](NC(=O)OC5CCCC5)C(=O)N4C3)cc(-c3csc(NC(C)C)n3)nc2c1. The maximum absolute atomic E-state index is 14.9. The Morgan fingerprint density at radius 1 is 1.02 bits per heavy atom. The number of fused-ring (bicyclic) bond motifs is 3. The second-order valence-electron chi connectivity index (χ2n) is 17.4. The summed E-state index contributed by atoms with van der Waals surface area (Å²) in [7, 11) is -2.47. The van der Waals surface area contributed by atoms with E-state index in [-0.39, 0.29) is 37.2 Å². The monoisotopic (exact) mass is 884 g/mol. The van der Waals surface area contributed by atoms with E-state index in [2.05, 4.69) is 16.0 Å². The van der Waals surface area contributed by atoms with E-state index in [9.17, 15) is 23.8 Å². The van der Waals surface area contributed by atoms with Gasteiger partial charge in [0, 0.05) is 41.3 Å². The van der Waals surface area contributed by atoms with Gasteiger partial charge in [-0.15, -0.1) is 11.3 Å². The average Bonchev–Trinajstić information content (AvgIpc) is 3.66. The number of ether oxygens (including phenoxy) is 3. The van der Waals surface area contributed by atoms with Crippen LogP contribution in [0.4, 0.5) is 9.93 Å². The number of aromatic nitrogens is 2. The van der Waals surface area contributed by atoms with Crippen LogP contribution in [0.2, 0.25) is 0 Å². The Labute approximate surface area is 366 Å². The molecule has 0 spiro atoms. The van der Waals surface area contributed by atoms with Crippen LogP contribution in [0, 0.1) is 5.92 Å². The van der Waals surface area contributed by atoms with Gasteiger partial charge in [-0.25, -0.2) is 14.8 Å². The second-order valence-corrected chi connectivity index (χ2v) is 20.7. The Hall–Kier alpha value is -4.98. The van der Waals surface area contributed by atoms with Gasteiger partial charge in [-0.1, -0.05) is 55.3 Å². The smallest absolute Gasteiger partial charge is 0.408 e. The summed E-state index contributed by atoms with van der Waals surface area (Å²) in [6.07, 6.45) is 9.70. The molecule has 4 aromatic rings. The average molecular weight is 885 g/mol. The third kappa shape index (κ3) is 9.80. The lowest BCUT2D eigenvalue weighted by Gasteiger charge is -2.31. The summed E-state index contributed by atoms with van der Waals surface area (Å²) in [5, 5.41) is 11.3. The van der Waals surface area contributed by atoms with Crippen molar-refractivity contribution < 1.29 is 38.1 Å². The lowest BCUT2D eigenvalue weighted by Crippen LogP contribution is -2.55. The van der Waals surface area contributed by atoms with E-state index in [0.29, 0.717) is 58.6 Å². The van der Waals surface area contributed by atoms with Gasteiger partial charge in [0.05, 0.1) is 31.0 Å². The van der Waals surface area contributed by atoms with Gasteiger partial charge >= 0.3 is 6.09 Å². The van der Waals surface area contributed by atoms with Gasteiger partial charge in [-0.05, 0) is 82.9 Å². The van der Waals surface area contributed by atoms with Crippen molar-refractivity contribution in [1.82, 2.24) is 25.5 Å². The van der Waals surface area contributed by atoms with Crippen molar-refractivity contribution in [1.29, 1.82) is 0 Å². The number of hydrogen-bond acceptors (Lipinski definition) is 11. The van der Waals surface area contributed by atoms with Gasteiger partial charge in [-0.3, -0.25) is 14.2 Å². The number of benzene rings is 2. The molecule has 2 aromatic carbocycles. The van der Waals surface area contributed by atoms with Crippen LogP contribution in [-0.2, 0) is 25.1 Å². The third-order valence-electron chi connectivity index (χ3n) is 12.4. The van der Waals surface area contributed by atoms with Crippen LogP contribution in [-0.4, -0.2) is 86.9 Å². The van der Waals surface area contributed by atoms with Crippen LogP contribution in [0.25, 0.3) is 22.3 Å². The van der Waals surface area contributed by atoms with E-state index >= 15 is 0 Å². The minimum absolute atomic E-state index is 0.0262. The summed E-state index contributed by atoms with van der Waals surface area (Å²) >= 11 is 1.47. The number of carbonyl (C=O) groups excluding carboxylic acids is 3. The maximum Gasteiger partial charge on any atom is 0.408 e. The van der Waals surface area contributed by atoms with Crippen LogP contribution >= 0.6 is 18.7 Å². The summed E-state index contributed by atoms with van der Waals surface area (Å²) in [6, 6.07) is 14.6. The molecule has 0 bridgehead atoms. The molecule has 14 nitrogen and oxygen atoms in total. The number of nitrogens with zero attached hydrogens (tertiary/aromatic N) is 3. The topological polar surface area (TPSA) is 181 Å². The van der Waals surface area contributed by atoms with Crippen molar-refractivity contribution in [2.24, 2.45) is 5.92 Å². The second kappa shape index (κ2) is 18.8. The molecule has 2 aliphatic carbocycles. The first kappa shape index (κ1) is 43.7. The molecule has 6 atom stereocenters. The highest BCUT2D eigenvalue weighted by Gasteiger charge is 2.66. The van der Waals surface area contributed by atoms with Gasteiger partial charge < -0.3 is 40.0 Å². The number of anilines is 1. The largest absolute Gasteiger partial charge is 0.497 e. The predicted molar refractivity (Wildman–Crippen MR) is 240 cm³/mol. The normalized spacial score (nSPS) is 26.0. The quantitative estimate of drug-likeness (QED) is 0.0839. The summed E-state index contributed by atoms with van der Waals surface area (Å²) in [5.74, 6) is -0.219. The Bertz CT molecular complexity index is 2340. The summed E-state index contributed by atoms with van der Waals surface area (Å²) in [5.41, 5.74) is 2.54. The number of carbonyl (C=O) groups is 3. The fourth-order valence-electron chi connectivity index (χ4n) is 9.04. The van der Waals surface area contributed by atoms with E-state index in [1.807, 2.05) is 86.0 Å². The van der Waals surface area contributed by atoms with Crippen LogP contribution in [0.15, 0.2) is 72.1 Å². The number of allylic oxidation sites excluding steroid dienone is 1.